The second-order valence-corrected chi connectivity index (χ2v) is 6.96. The van der Waals surface area contributed by atoms with Gasteiger partial charge in [0.2, 0.25) is 0 Å². The quantitative estimate of drug-likeness (QED) is 0.894. The van der Waals surface area contributed by atoms with Crippen LogP contribution in [0.1, 0.15) is 35.4 Å². The maximum Gasteiger partial charge on any atom is 0.276 e. The van der Waals surface area contributed by atoms with Crippen LogP contribution in [-0.2, 0) is 17.9 Å². The average molecular weight is 372 g/mol. The molecule has 2 amide bonds. The summed E-state index contributed by atoms with van der Waals surface area (Å²) in [7, 11) is 1.55. The number of benzene rings is 1. The molecule has 1 saturated carbocycles. The highest BCUT2D eigenvalue weighted by atomic mass is 19.1. The fourth-order valence-corrected chi connectivity index (χ4v) is 3.32. The fourth-order valence-electron chi connectivity index (χ4n) is 3.32. The molecule has 27 heavy (non-hydrogen) atoms. The zero-order chi connectivity index (χ0) is 19.0. The first-order valence-corrected chi connectivity index (χ1v) is 8.98. The third kappa shape index (κ3) is 3.39. The molecule has 2 aromatic rings. The van der Waals surface area contributed by atoms with E-state index in [9.17, 15) is 14.0 Å². The van der Waals surface area contributed by atoms with E-state index in [-0.39, 0.29) is 31.0 Å². The zero-order valence-corrected chi connectivity index (χ0v) is 15.1. The maximum atomic E-state index is 14.2. The fraction of sp³-hybridized carbons (Fsp3) is 0.421. The first kappa shape index (κ1) is 17.5. The molecule has 1 N–H and O–H groups in total. The summed E-state index contributed by atoms with van der Waals surface area (Å²) in [4.78, 5) is 30.9. The third-order valence-corrected chi connectivity index (χ3v) is 5.02. The molecular formula is C19H21FN4O3. The number of fused-ring (bicyclic) bond motifs is 1. The van der Waals surface area contributed by atoms with Crippen LogP contribution in [0, 0.1) is 0 Å². The molecule has 0 atom stereocenters. The molecule has 7 nitrogen and oxygen atoms in total. The summed E-state index contributed by atoms with van der Waals surface area (Å²) >= 11 is 0. The van der Waals surface area contributed by atoms with Crippen LogP contribution in [0.2, 0.25) is 0 Å². The number of ether oxygens (including phenoxy) is 1. The number of aryl methyl sites for hydroxylation is 1. The minimum absolute atomic E-state index is 0.186. The van der Waals surface area contributed by atoms with Crippen LogP contribution in [0.15, 0.2) is 30.6 Å². The van der Waals surface area contributed by atoms with E-state index in [0.717, 1.165) is 0 Å². The molecule has 2 heterocycles. The number of nitrogens with one attached hydrogen (secondary N) is 1. The van der Waals surface area contributed by atoms with Gasteiger partial charge in [0.25, 0.3) is 11.8 Å². The van der Waals surface area contributed by atoms with Crippen LogP contribution in [0.3, 0.4) is 0 Å². The van der Waals surface area contributed by atoms with Gasteiger partial charge in [-0.1, -0.05) is 6.07 Å². The van der Waals surface area contributed by atoms with E-state index < -0.39 is 11.6 Å². The van der Waals surface area contributed by atoms with Crippen molar-refractivity contribution in [3.63, 3.8) is 0 Å². The number of aromatic nitrogens is 2. The van der Waals surface area contributed by atoms with Gasteiger partial charge in [0, 0.05) is 24.8 Å². The first-order valence-electron chi connectivity index (χ1n) is 8.98. The lowest BCUT2D eigenvalue weighted by atomic mass is 10.2. The Morgan fingerprint density at radius 3 is 2.85 bits per heavy atom. The third-order valence-electron chi connectivity index (χ3n) is 5.02. The van der Waals surface area contributed by atoms with Crippen molar-refractivity contribution >= 4 is 17.5 Å². The SMILES string of the molecule is COc1cccc(NC(=O)c2ncn3c2CN(C(=O)C2(F)CC2)CCC3)c1. The Hall–Kier alpha value is -2.90. The molecular weight excluding hydrogens is 351 g/mol. The van der Waals surface area contributed by atoms with Gasteiger partial charge in [-0.05, 0) is 31.4 Å². The van der Waals surface area contributed by atoms with E-state index in [4.69, 9.17) is 4.74 Å². The normalized spacial score (nSPS) is 17.6. The lowest BCUT2D eigenvalue weighted by molar-refractivity contribution is -0.138. The second kappa shape index (κ2) is 6.68. The molecule has 4 rings (SSSR count). The zero-order valence-electron chi connectivity index (χ0n) is 15.1. The summed E-state index contributed by atoms with van der Waals surface area (Å²) in [6, 6.07) is 7.03. The van der Waals surface area contributed by atoms with Crippen LogP contribution in [0.25, 0.3) is 0 Å². The summed E-state index contributed by atoms with van der Waals surface area (Å²) < 4.78 is 21.3. The minimum Gasteiger partial charge on any atom is -0.497 e. The largest absolute Gasteiger partial charge is 0.497 e. The molecule has 0 saturated heterocycles. The number of amides is 2. The average Bonchev–Trinajstić information content (AvgIpc) is 3.36. The molecule has 1 aromatic carbocycles. The number of carbonyl (C=O) groups excluding carboxylic acids is 2. The van der Waals surface area contributed by atoms with Crippen molar-refractivity contribution in [3.05, 3.63) is 42.0 Å². The van der Waals surface area contributed by atoms with E-state index >= 15 is 0 Å². The monoisotopic (exact) mass is 372 g/mol. The number of rotatable bonds is 4. The number of hydrogen-bond acceptors (Lipinski definition) is 4. The van der Waals surface area contributed by atoms with Gasteiger partial charge in [0.1, 0.15) is 5.75 Å². The van der Waals surface area contributed by atoms with Crippen LogP contribution in [-0.4, -0.2) is 45.6 Å². The molecule has 8 heteroatoms. The Bertz CT molecular complexity index is 891. The van der Waals surface area contributed by atoms with Crippen molar-refractivity contribution in [2.75, 3.05) is 19.0 Å². The van der Waals surface area contributed by atoms with Crippen LogP contribution in [0.5, 0.6) is 5.75 Å². The Morgan fingerprint density at radius 1 is 1.30 bits per heavy atom. The number of hydrogen-bond donors (Lipinski definition) is 1. The number of nitrogens with zero attached hydrogens (tertiary/aromatic N) is 3. The van der Waals surface area contributed by atoms with Crippen LogP contribution in [0.4, 0.5) is 10.1 Å². The Balaban J connectivity index is 1.55. The van der Waals surface area contributed by atoms with E-state index in [1.807, 2.05) is 4.57 Å². The van der Waals surface area contributed by atoms with Crippen molar-refractivity contribution in [1.29, 1.82) is 0 Å². The number of carbonyl (C=O) groups is 2. The van der Waals surface area contributed by atoms with Gasteiger partial charge in [-0.3, -0.25) is 9.59 Å². The Labute approximate surface area is 156 Å². The molecule has 2 aliphatic rings. The Kier molecular flexibility index (Phi) is 4.33. The second-order valence-electron chi connectivity index (χ2n) is 6.96. The molecule has 142 valence electrons. The lowest BCUT2D eigenvalue weighted by Crippen LogP contribution is -2.38. The number of imidazole rings is 1. The van der Waals surface area contributed by atoms with Gasteiger partial charge in [-0.2, -0.15) is 0 Å². The molecule has 1 aliphatic carbocycles. The van der Waals surface area contributed by atoms with E-state index in [0.29, 0.717) is 36.6 Å². The van der Waals surface area contributed by atoms with Crippen LogP contribution >= 0.6 is 0 Å². The predicted octanol–water partition coefficient (Wildman–Crippen LogP) is 2.38. The number of anilines is 1. The van der Waals surface area contributed by atoms with Gasteiger partial charge in [0.05, 0.1) is 25.7 Å². The summed E-state index contributed by atoms with van der Waals surface area (Å²) in [5, 5.41) is 2.80. The van der Waals surface area contributed by atoms with E-state index in [1.165, 1.54) is 4.90 Å². The number of methoxy groups -OCH3 is 1. The summed E-state index contributed by atoms with van der Waals surface area (Å²) in [5.74, 6) is -0.213. The molecule has 1 aromatic heterocycles. The summed E-state index contributed by atoms with van der Waals surface area (Å²) in [6.07, 6.45) is 2.86. The van der Waals surface area contributed by atoms with Gasteiger partial charge < -0.3 is 19.5 Å². The highest BCUT2D eigenvalue weighted by molar-refractivity contribution is 6.03. The van der Waals surface area contributed by atoms with Gasteiger partial charge in [-0.25, -0.2) is 9.37 Å². The van der Waals surface area contributed by atoms with Crippen molar-refractivity contribution in [2.45, 2.75) is 38.0 Å². The molecule has 1 fully saturated rings. The molecule has 0 unspecified atom stereocenters. The highest BCUT2D eigenvalue weighted by Crippen LogP contribution is 2.42. The lowest BCUT2D eigenvalue weighted by Gasteiger charge is -2.22. The minimum atomic E-state index is -1.71. The molecule has 0 spiro atoms. The first-order chi connectivity index (χ1) is 13.0. The van der Waals surface area contributed by atoms with Crippen molar-refractivity contribution < 1.29 is 18.7 Å². The van der Waals surface area contributed by atoms with Gasteiger partial charge in [0.15, 0.2) is 11.4 Å². The number of halogens is 1. The van der Waals surface area contributed by atoms with Crippen molar-refractivity contribution in [3.8, 4) is 5.75 Å². The van der Waals surface area contributed by atoms with Crippen molar-refractivity contribution in [2.24, 2.45) is 0 Å². The van der Waals surface area contributed by atoms with Gasteiger partial charge in [-0.15, -0.1) is 0 Å². The summed E-state index contributed by atoms with van der Waals surface area (Å²) in [6.45, 7) is 1.30. The Morgan fingerprint density at radius 2 is 2.11 bits per heavy atom. The number of alkyl halides is 1. The summed E-state index contributed by atoms with van der Waals surface area (Å²) in [5.41, 5.74) is -0.242. The van der Waals surface area contributed by atoms with E-state index in [2.05, 4.69) is 10.3 Å². The van der Waals surface area contributed by atoms with Crippen molar-refractivity contribution in [1.82, 2.24) is 14.5 Å². The van der Waals surface area contributed by atoms with Crippen LogP contribution < -0.4 is 10.1 Å². The molecule has 0 bridgehead atoms. The maximum absolute atomic E-state index is 14.2. The standard InChI is InChI=1S/C19H21FN4O3/c1-27-14-5-2-4-13(10-14)22-17(25)16-15-11-23(18(26)19(20)6-7-19)8-3-9-24(15)12-21-16/h2,4-5,10,12H,3,6-9,11H2,1H3,(H,22,25). The molecule has 1 aliphatic heterocycles. The highest BCUT2D eigenvalue weighted by Gasteiger charge is 2.53. The van der Waals surface area contributed by atoms with E-state index in [1.54, 1.807) is 37.7 Å². The van der Waals surface area contributed by atoms with Gasteiger partial charge >= 0.3 is 0 Å². The molecule has 0 radical (unpaired) electrons. The predicted molar refractivity (Wildman–Crippen MR) is 96.3 cm³/mol. The topological polar surface area (TPSA) is 76.5 Å². The smallest absolute Gasteiger partial charge is 0.276 e.